The summed E-state index contributed by atoms with van der Waals surface area (Å²) < 4.78 is 0. The van der Waals surface area contributed by atoms with E-state index in [0.717, 1.165) is 56.7 Å². The number of hydrogen-bond acceptors (Lipinski definition) is 6. The minimum absolute atomic E-state index is 0.136. The standard InChI is InChI=1S/C23H36N6O2/c1-5-19-22(31)27(4)20-14-24-23(26-21(20)29(19)18-8-6-7-9-18)25-15(2)17-10-12-28(13-11-17)16(3)30/h14-15,17-19H,5-13H2,1-4H3,(H,24,25,26)/t15-,19?/m0/s1. The van der Waals surface area contributed by atoms with E-state index >= 15 is 0 Å². The van der Waals surface area contributed by atoms with E-state index in [-0.39, 0.29) is 23.9 Å². The molecular formula is C23H36N6O2. The lowest BCUT2D eigenvalue weighted by atomic mass is 9.90. The number of nitrogens with zero attached hydrogens (tertiary/aromatic N) is 5. The Bertz CT molecular complexity index is 816. The molecule has 1 unspecified atom stereocenters. The fourth-order valence-corrected chi connectivity index (χ4v) is 5.49. The number of piperidine rings is 1. The van der Waals surface area contributed by atoms with Gasteiger partial charge in [0.2, 0.25) is 17.8 Å². The van der Waals surface area contributed by atoms with E-state index in [1.54, 1.807) is 18.0 Å². The van der Waals surface area contributed by atoms with Crippen molar-refractivity contribution in [3.05, 3.63) is 6.20 Å². The van der Waals surface area contributed by atoms with Gasteiger partial charge >= 0.3 is 0 Å². The zero-order chi connectivity index (χ0) is 22.1. The number of anilines is 3. The van der Waals surface area contributed by atoms with Crippen LogP contribution >= 0.6 is 0 Å². The first-order valence-corrected chi connectivity index (χ1v) is 11.9. The highest BCUT2D eigenvalue weighted by Crippen LogP contribution is 2.40. The zero-order valence-corrected chi connectivity index (χ0v) is 19.3. The quantitative estimate of drug-likeness (QED) is 0.776. The molecular weight excluding hydrogens is 392 g/mol. The largest absolute Gasteiger partial charge is 0.351 e. The van der Waals surface area contributed by atoms with Gasteiger partial charge in [0.1, 0.15) is 11.7 Å². The Morgan fingerprint density at radius 3 is 2.52 bits per heavy atom. The lowest BCUT2D eigenvalue weighted by Gasteiger charge is -2.43. The third-order valence-electron chi connectivity index (χ3n) is 7.46. The van der Waals surface area contributed by atoms with Crippen LogP contribution in [0, 0.1) is 5.92 Å². The van der Waals surface area contributed by atoms with Crippen LogP contribution in [-0.4, -0.2) is 64.9 Å². The molecule has 1 N–H and O–H groups in total. The van der Waals surface area contributed by atoms with Crippen molar-refractivity contribution in [1.29, 1.82) is 0 Å². The smallest absolute Gasteiger partial charge is 0.249 e. The first-order valence-electron chi connectivity index (χ1n) is 11.9. The maximum absolute atomic E-state index is 13.0. The molecule has 0 radical (unpaired) electrons. The highest BCUT2D eigenvalue weighted by atomic mass is 16.2. The van der Waals surface area contributed by atoms with E-state index in [9.17, 15) is 9.59 Å². The minimum Gasteiger partial charge on any atom is -0.351 e. The number of carbonyl (C=O) groups excluding carboxylic acids is 2. The third kappa shape index (κ3) is 4.21. The van der Waals surface area contributed by atoms with E-state index < -0.39 is 0 Å². The van der Waals surface area contributed by atoms with Crippen LogP contribution in [0.1, 0.15) is 65.7 Å². The molecule has 1 aromatic heterocycles. The van der Waals surface area contributed by atoms with Crippen LogP contribution in [-0.2, 0) is 9.59 Å². The highest BCUT2D eigenvalue weighted by molar-refractivity contribution is 6.04. The summed E-state index contributed by atoms with van der Waals surface area (Å²) >= 11 is 0. The molecule has 0 aromatic carbocycles. The SMILES string of the molecule is CCC1C(=O)N(C)c2cnc(N[C@@H](C)C3CCN(C(C)=O)CC3)nc2N1C1CCCC1. The molecule has 31 heavy (non-hydrogen) atoms. The van der Waals surface area contributed by atoms with Crippen molar-refractivity contribution in [3.63, 3.8) is 0 Å². The van der Waals surface area contributed by atoms with Crippen LogP contribution < -0.4 is 15.1 Å². The molecule has 2 amide bonds. The fraction of sp³-hybridized carbons (Fsp3) is 0.739. The number of fused-ring (bicyclic) bond motifs is 1. The second-order valence-corrected chi connectivity index (χ2v) is 9.35. The van der Waals surface area contributed by atoms with E-state index in [0.29, 0.717) is 17.9 Å². The van der Waals surface area contributed by atoms with Crippen molar-refractivity contribution in [2.45, 2.75) is 83.8 Å². The number of rotatable bonds is 5. The van der Waals surface area contributed by atoms with Gasteiger partial charge in [0.25, 0.3) is 0 Å². The predicted molar refractivity (Wildman–Crippen MR) is 122 cm³/mol. The topological polar surface area (TPSA) is 81.7 Å². The van der Waals surface area contributed by atoms with E-state index in [4.69, 9.17) is 4.98 Å². The number of amides is 2. The van der Waals surface area contributed by atoms with Gasteiger partial charge in [-0.25, -0.2) is 4.98 Å². The molecule has 0 spiro atoms. The predicted octanol–water partition coefficient (Wildman–Crippen LogP) is 3.04. The molecule has 1 aliphatic carbocycles. The normalized spacial score (nSPS) is 23.8. The van der Waals surface area contributed by atoms with Gasteiger partial charge in [0, 0.05) is 39.1 Å². The number of carbonyl (C=O) groups is 2. The van der Waals surface area contributed by atoms with Crippen LogP contribution in [0.3, 0.4) is 0 Å². The van der Waals surface area contributed by atoms with Crippen LogP contribution in [0.2, 0.25) is 0 Å². The summed E-state index contributed by atoms with van der Waals surface area (Å²) in [6.45, 7) is 7.54. The zero-order valence-electron chi connectivity index (χ0n) is 19.3. The molecule has 8 heteroatoms. The third-order valence-corrected chi connectivity index (χ3v) is 7.46. The lowest BCUT2D eigenvalue weighted by Crippen LogP contribution is -2.55. The van der Waals surface area contributed by atoms with Crippen molar-refractivity contribution in [2.24, 2.45) is 5.92 Å². The first-order chi connectivity index (χ1) is 14.9. The highest BCUT2D eigenvalue weighted by Gasteiger charge is 2.41. The maximum Gasteiger partial charge on any atom is 0.249 e. The molecule has 2 atom stereocenters. The average molecular weight is 429 g/mol. The lowest BCUT2D eigenvalue weighted by molar-refractivity contribution is -0.130. The van der Waals surface area contributed by atoms with Crippen LogP contribution in [0.15, 0.2) is 6.20 Å². The van der Waals surface area contributed by atoms with Gasteiger partial charge in [-0.05, 0) is 44.9 Å². The van der Waals surface area contributed by atoms with E-state index in [1.807, 2.05) is 11.9 Å². The summed E-state index contributed by atoms with van der Waals surface area (Å²) in [5, 5.41) is 3.52. The number of likely N-dealkylation sites (tertiary alicyclic amines) is 1. The second kappa shape index (κ2) is 9.01. The van der Waals surface area contributed by atoms with Gasteiger partial charge in [-0.1, -0.05) is 19.8 Å². The second-order valence-electron chi connectivity index (χ2n) is 9.35. The summed E-state index contributed by atoms with van der Waals surface area (Å²) in [6, 6.07) is 0.436. The minimum atomic E-state index is -0.156. The van der Waals surface area contributed by atoms with Gasteiger partial charge < -0.3 is 20.0 Å². The first kappa shape index (κ1) is 21.8. The van der Waals surface area contributed by atoms with Crippen LogP contribution in [0.25, 0.3) is 0 Å². The summed E-state index contributed by atoms with van der Waals surface area (Å²) in [5.41, 5.74) is 0.801. The molecule has 3 heterocycles. The molecule has 0 bridgehead atoms. The fourth-order valence-electron chi connectivity index (χ4n) is 5.49. The molecule has 1 saturated carbocycles. The van der Waals surface area contributed by atoms with Gasteiger partial charge in [0.15, 0.2) is 5.82 Å². The number of aromatic nitrogens is 2. The summed E-state index contributed by atoms with van der Waals surface area (Å²) in [6.07, 6.45) is 9.20. The Kier molecular flexibility index (Phi) is 6.34. The summed E-state index contributed by atoms with van der Waals surface area (Å²) in [7, 11) is 1.83. The molecule has 1 saturated heterocycles. The van der Waals surface area contributed by atoms with Crippen molar-refractivity contribution in [1.82, 2.24) is 14.9 Å². The van der Waals surface area contributed by atoms with Crippen LogP contribution in [0.4, 0.5) is 17.5 Å². The number of nitrogens with one attached hydrogen (secondary N) is 1. The maximum atomic E-state index is 13.0. The molecule has 2 fully saturated rings. The van der Waals surface area contributed by atoms with Crippen molar-refractivity contribution >= 4 is 29.3 Å². The van der Waals surface area contributed by atoms with Gasteiger partial charge in [-0.3, -0.25) is 9.59 Å². The Morgan fingerprint density at radius 2 is 1.90 bits per heavy atom. The van der Waals surface area contributed by atoms with Gasteiger partial charge in [-0.2, -0.15) is 4.98 Å². The Balaban J connectivity index is 1.54. The van der Waals surface area contributed by atoms with Crippen molar-refractivity contribution in [2.75, 3.05) is 35.3 Å². The monoisotopic (exact) mass is 428 g/mol. The van der Waals surface area contributed by atoms with Crippen molar-refractivity contribution < 1.29 is 9.59 Å². The Labute approximate surface area is 185 Å². The molecule has 4 rings (SSSR count). The van der Waals surface area contributed by atoms with Gasteiger partial charge in [0.05, 0.1) is 6.20 Å². The molecule has 1 aromatic rings. The molecule has 2 aliphatic heterocycles. The summed E-state index contributed by atoms with van der Waals surface area (Å²) in [4.78, 5) is 40.1. The molecule has 3 aliphatic rings. The van der Waals surface area contributed by atoms with Crippen molar-refractivity contribution in [3.8, 4) is 0 Å². The number of likely N-dealkylation sites (N-methyl/N-ethyl adjacent to an activating group) is 1. The Morgan fingerprint density at radius 1 is 1.23 bits per heavy atom. The van der Waals surface area contributed by atoms with Gasteiger partial charge in [-0.15, -0.1) is 0 Å². The van der Waals surface area contributed by atoms with E-state index in [1.165, 1.54) is 12.8 Å². The summed E-state index contributed by atoms with van der Waals surface area (Å²) in [5.74, 6) is 2.29. The van der Waals surface area contributed by atoms with E-state index in [2.05, 4.69) is 29.0 Å². The molecule has 8 nitrogen and oxygen atoms in total. The average Bonchev–Trinajstić information content (AvgIpc) is 3.30. The Hall–Kier alpha value is -2.38. The molecule has 170 valence electrons. The number of hydrogen-bond donors (Lipinski definition) is 1. The van der Waals surface area contributed by atoms with Crippen LogP contribution in [0.5, 0.6) is 0 Å².